The van der Waals surface area contributed by atoms with Crippen LogP contribution in [0.4, 0.5) is 5.69 Å². The third-order valence-corrected chi connectivity index (χ3v) is 7.64. The molecule has 8 heteroatoms. The molecule has 5 rings (SSSR count). The number of pyridine rings is 1. The Kier molecular flexibility index (Phi) is 6.38. The molecule has 2 aromatic heterocycles. The van der Waals surface area contributed by atoms with Gasteiger partial charge in [-0.3, -0.25) is 9.78 Å². The molecule has 0 unspecified atom stereocenters. The SMILES string of the molecule is Cc1c(C(=O)Nc2ccc(C3(C#N)CCC4(CC3)OCCO4)nc2)cnn1-c1ccc(C(C)(C)C)cc1. The maximum Gasteiger partial charge on any atom is 0.259 e. The van der Waals surface area contributed by atoms with Gasteiger partial charge in [-0.05, 0) is 55.0 Å². The second kappa shape index (κ2) is 9.40. The Bertz CT molecular complexity index is 1310. The lowest BCUT2D eigenvalue weighted by Gasteiger charge is -2.39. The molecule has 1 aromatic carbocycles. The van der Waals surface area contributed by atoms with Crippen LogP contribution in [0.15, 0.2) is 48.8 Å². The minimum Gasteiger partial charge on any atom is -0.348 e. The molecular weight excluding hydrogens is 466 g/mol. The monoisotopic (exact) mass is 499 g/mol. The predicted molar refractivity (Wildman–Crippen MR) is 140 cm³/mol. The van der Waals surface area contributed by atoms with Crippen LogP contribution in [0.3, 0.4) is 0 Å². The molecule has 0 bridgehead atoms. The molecule has 37 heavy (non-hydrogen) atoms. The largest absolute Gasteiger partial charge is 0.348 e. The van der Waals surface area contributed by atoms with Crippen molar-refractivity contribution in [3.05, 3.63) is 71.3 Å². The number of hydrogen-bond donors (Lipinski definition) is 1. The number of benzene rings is 1. The number of nitrogens with zero attached hydrogens (tertiary/aromatic N) is 4. The zero-order chi connectivity index (χ0) is 26.3. The number of amides is 1. The van der Waals surface area contributed by atoms with Crippen LogP contribution in [0, 0.1) is 18.3 Å². The van der Waals surface area contributed by atoms with Gasteiger partial charge in [0.05, 0.1) is 65.4 Å². The third kappa shape index (κ3) is 4.77. The minimum atomic E-state index is -0.677. The average Bonchev–Trinajstić information content (AvgIpc) is 3.51. The van der Waals surface area contributed by atoms with Crippen molar-refractivity contribution in [3.8, 4) is 11.8 Å². The average molecular weight is 500 g/mol. The van der Waals surface area contributed by atoms with Crippen LogP contribution < -0.4 is 5.32 Å². The van der Waals surface area contributed by atoms with Crippen molar-refractivity contribution < 1.29 is 14.3 Å². The molecule has 1 amide bonds. The zero-order valence-corrected chi connectivity index (χ0v) is 21.9. The van der Waals surface area contributed by atoms with Gasteiger partial charge in [0, 0.05) is 12.8 Å². The molecule has 1 spiro atoms. The molecule has 0 radical (unpaired) electrons. The van der Waals surface area contributed by atoms with Crippen molar-refractivity contribution in [2.75, 3.05) is 18.5 Å². The lowest BCUT2D eigenvalue weighted by atomic mass is 9.70. The summed E-state index contributed by atoms with van der Waals surface area (Å²) in [7, 11) is 0. The summed E-state index contributed by atoms with van der Waals surface area (Å²) >= 11 is 0. The Morgan fingerprint density at radius 2 is 1.70 bits per heavy atom. The van der Waals surface area contributed by atoms with Gasteiger partial charge in [0.1, 0.15) is 0 Å². The second-order valence-electron chi connectivity index (χ2n) is 11.0. The summed E-state index contributed by atoms with van der Waals surface area (Å²) in [5.74, 6) is -0.791. The van der Waals surface area contributed by atoms with Crippen molar-refractivity contribution in [1.29, 1.82) is 5.26 Å². The molecule has 3 heterocycles. The predicted octanol–water partition coefficient (Wildman–Crippen LogP) is 5.20. The second-order valence-corrected chi connectivity index (χ2v) is 11.0. The van der Waals surface area contributed by atoms with E-state index in [1.54, 1.807) is 23.1 Å². The van der Waals surface area contributed by atoms with E-state index in [1.807, 2.05) is 25.1 Å². The molecule has 2 fully saturated rings. The van der Waals surface area contributed by atoms with E-state index < -0.39 is 11.2 Å². The van der Waals surface area contributed by atoms with E-state index in [1.165, 1.54) is 5.56 Å². The smallest absolute Gasteiger partial charge is 0.259 e. The van der Waals surface area contributed by atoms with E-state index in [0.717, 1.165) is 11.4 Å². The Labute approximate surface area is 217 Å². The fourth-order valence-electron chi connectivity index (χ4n) is 5.21. The van der Waals surface area contributed by atoms with Crippen LogP contribution in [0.5, 0.6) is 0 Å². The van der Waals surface area contributed by atoms with Crippen LogP contribution in [0.1, 0.15) is 73.8 Å². The summed E-state index contributed by atoms with van der Waals surface area (Å²) in [6, 6.07) is 14.4. The quantitative estimate of drug-likeness (QED) is 0.529. The Hall–Kier alpha value is -3.54. The van der Waals surface area contributed by atoms with E-state index >= 15 is 0 Å². The van der Waals surface area contributed by atoms with E-state index in [2.05, 4.69) is 54.4 Å². The molecule has 1 aliphatic heterocycles. The molecular formula is C29H33N5O3. The number of nitrogens with one attached hydrogen (secondary N) is 1. The first-order chi connectivity index (χ1) is 17.6. The van der Waals surface area contributed by atoms with Gasteiger partial charge >= 0.3 is 0 Å². The summed E-state index contributed by atoms with van der Waals surface area (Å²) in [6.07, 6.45) is 5.78. The maximum atomic E-state index is 13.0. The van der Waals surface area contributed by atoms with Crippen molar-refractivity contribution in [3.63, 3.8) is 0 Å². The molecule has 8 nitrogen and oxygen atoms in total. The summed E-state index contributed by atoms with van der Waals surface area (Å²) in [4.78, 5) is 17.6. The van der Waals surface area contributed by atoms with Crippen molar-refractivity contribution in [2.45, 2.75) is 70.0 Å². The van der Waals surface area contributed by atoms with Crippen molar-refractivity contribution >= 4 is 11.6 Å². The van der Waals surface area contributed by atoms with Crippen LogP contribution in [-0.4, -0.2) is 39.7 Å². The molecule has 1 aliphatic carbocycles. The zero-order valence-electron chi connectivity index (χ0n) is 21.9. The topological polar surface area (TPSA) is 102 Å². The molecule has 192 valence electrons. The van der Waals surface area contributed by atoms with Gasteiger partial charge in [-0.2, -0.15) is 10.4 Å². The highest BCUT2D eigenvalue weighted by Crippen LogP contribution is 2.45. The molecule has 3 aromatic rings. The van der Waals surface area contributed by atoms with Gasteiger partial charge in [-0.15, -0.1) is 0 Å². The number of nitriles is 1. The number of carbonyl (C=O) groups excluding carboxylic acids is 1. The van der Waals surface area contributed by atoms with Gasteiger partial charge in [0.15, 0.2) is 5.79 Å². The summed E-state index contributed by atoms with van der Waals surface area (Å²) in [6.45, 7) is 9.62. The number of anilines is 1. The van der Waals surface area contributed by atoms with Crippen LogP contribution in [0.2, 0.25) is 0 Å². The minimum absolute atomic E-state index is 0.0666. The van der Waals surface area contributed by atoms with Gasteiger partial charge in [0.25, 0.3) is 5.91 Å². The Balaban J connectivity index is 1.27. The summed E-state index contributed by atoms with van der Waals surface area (Å²) in [5, 5.41) is 17.4. The first kappa shape index (κ1) is 25.1. The van der Waals surface area contributed by atoms with E-state index in [4.69, 9.17) is 9.47 Å². The van der Waals surface area contributed by atoms with Gasteiger partial charge in [-0.1, -0.05) is 32.9 Å². The van der Waals surface area contributed by atoms with Crippen LogP contribution in [0.25, 0.3) is 5.69 Å². The molecule has 0 atom stereocenters. The normalized spacial score (nSPS) is 18.5. The number of rotatable bonds is 4. The summed E-state index contributed by atoms with van der Waals surface area (Å²) in [5.41, 5.74) is 4.05. The highest BCUT2D eigenvalue weighted by molar-refractivity contribution is 6.04. The highest BCUT2D eigenvalue weighted by atomic mass is 16.7. The van der Waals surface area contributed by atoms with Gasteiger partial charge in [0.2, 0.25) is 0 Å². The van der Waals surface area contributed by atoms with Gasteiger partial charge in [-0.25, -0.2) is 4.68 Å². The maximum absolute atomic E-state index is 13.0. The Morgan fingerprint density at radius 3 is 2.27 bits per heavy atom. The lowest BCUT2D eigenvalue weighted by molar-refractivity contribution is -0.182. The molecule has 1 saturated heterocycles. The Morgan fingerprint density at radius 1 is 1.03 bits per heavy atom. The highest BCUT2D eigenvalue weighted by Gasteiger charge is 2.48. The molecule has 1 N–H and O–H groups in total. The lowest BCUT2D eigenvalue weighted by Crippen LogP contribution is -2.41. The van der Waals surface area contributed by atoms with E-state index in [0.29, 0.717) is 55.8 Å². The number of carbonyl (C=O) groups is 1. The number of hydrogen-bond acceptors (Lipinski definition) is 6. The van der Waals surface area contributed by atoms with E-state index in [9.17, 15) is 10.1 Å². The van der Waals surface area contributed by atoms with E-state index in [-0.39, 0.29) is 11.3 Å². The first-order valence-corrected chi connectivity index (χ1v) is 12.8. The number of ether oxygens (including phenoxy) is 2. The fourth-order valence-corrected chi connectivity index (χ4v) is 5.21. The van der Waals surface area contributed by atoms with Crippen LogP contribution >= 0.6 is 0 Å². The third-order valence-electron chi connectivity index (χ3n) is 7.64. The fraction of sp³-hybridized carbons (Fsp3) is 0.448. The first-order valence-electron chi connectivity index (χ1n) is 12.8. The van der Waals surface area contributed by atoms with Crippen molar-refractivity contribution in [2.24, 2.45) is 0 Å². The number of aromatic nitrogens is 3. The van der Waals surface area contributed by atoms with Gasteiger partial charge < -0.3 is 14.8 Å². The van der Waals surface area contributed by atoms with Crippen molar-refractivity contribution in [1.82, 2.24) is 14.8 Å². The van der Waals surface area contributed by atoms with Crippen LogP contribution in [-0.2, 0) is 20.3 Å². The molecule has 2 aliphatic rings. The summed E-state index contributed by atoms with van der Waals surface area (Å²) < 4.78 is 13.4. The molecule has 1 saturated carbocycles. The standard InChI is InChI=1S/C29H33N5O3/c1-20-24(18-32-34(20)23-8-5-21(6-9-23)27(2,3)4)26(35)33-22-7-10-25(31-17-22)28(19-30)11-13-29(14-12-28)36-15-16-37-29/h5-10,17-18H,11-16H2,1-4H3,(H,33,35).